The topological polar surface area (TPSA) is 76.7 Å². The van der Waals surface area contributed by atoms with Crippen molar-refractivity contribution in [2.75, 3.05) is 13.7 Å². The minimum atomic E-state index is -0.264. The minimum absolute atomic E-state index is 0.102. The summed E-state index contributed by atoms with van der Waals surface area (Å²) in [6, 6.07) is 12.8. The average Bonchev–Trinajstić information content (AvgIpc) is 2.98. The molecule has 0 unspecified atom stereocenters. The molecule has 2 N–H and O–H groups in total. The molecule has 6 heteroatoms. The molecule has 2 aromatic carbocycles. The fourth-order valence-corrected chi connectivity index (χ4v) is 3.06. The highest BCUT2D eigenvalue weighted by Gasteiger charge is 2.32. The summed E-state index contributed by atoms with van der Waals surface area (Å²) in [7, 11) is 1.58. The molecule has 0 fully saturated rings. The Hall–Kier alpha value is -3.02. The minimum Gasteiger partial charge on any atom is -0.483 e. The second kappa shape index (κ2) is 7.70. The van der Waals surface area contributed by atoms with Gasteiger partial charge in [0.05, 0.1) is 0 Å². The van der Waals surface area contributed by atoms with Crippen LogP contribution in [0.25, 0.3) is 0 Å². The maximum absolute atomic E-state index is 12.1. The van der Waals surface area contributed by atoms with E-state index < -0.39 is 0 Å². The van der Waals surface area contributed by atoms with E-state index in [-0.39, 0.29) is 24.0 Å². The van der Waals surface area contributed by atoms with Gasteiger partial charge in [0.1, 0.15) is 5.60 Å². The van der Waals surface area contributed by atoms with Crippen molar-refractivity contribution in [3.63, 3.8) is 0 Å². The van der Waals surface area contributed by atoms with Crippen LogP contribution in [0.1, 0.15) is 35.3 Å². The molecule has 6 nitrogen and oxygen atoms in total. The normalized spacial score (nSPS) is 14.0. The van der Waals surface area contributed by atoms with Gasteiger partial charge < -0.3 is 20.1 Å². The molecule has 1 aliphatic rings. The van der Waals surface area contributed by atoms with Gasteiger partial charge in [-0.15, -0.1) is 0 Å². The number of carbonyl (C=O) groups is 2. The molecule has 27 heavy (non-hydrogen) atoms. The summed E-state index contributed by atoms with van der Waals surface area (Å²) in [5.74, 6) is 0.894. The molecular weight excluding hydrogens is 344 g/mol. The lowest BCUT2D eigenvalue weighted by molar-refractivity contribution is -0.123. The van der Waals surface area contributed by atoms with Crippen LogP contribution >= 0.6 is 0 Å². The maximum atomic E-state index is 12.1. The molecule has 3 rings (SSSR count). The standard InChI is InChI=1S/C21H24N2O4/c1-21(2)11-16-8-5-9-17(19(16)27-21)26-13-18(24)23-12-14-6-4-7-15(10-14)20(25)22-3/h4-10H,11-13H2,1-3H3,(H,22,25)(H,23,24). The Morgan fingerprint density at radius 3 is 2.74 bits per heavy atom. The Balaban J connectivity index is 1.55. The smallest absolute Gasteiger partial charge is 0.258 e. The van der Waals surface area contributed by atoms with Crippen LogP contribution in [0.2, 0.25) is 0 Å². The Kier molecular flexibility index (Phi) is 5.35. The van der Waals surface area contributed by atoms with Gasteiger partial charge in [0.25, 0.3) is 11.8 Å². The first kappa shape index (κ1) is 18.8. The zero-order valence-electron chi connectivity index (χ0n) is 15.8. The van der Waals surface area contributed by atoms with Crippen LogP contribution in [0.4, 0.5) is 0 Å². The van der Waals surface area contributed by atoms with Gasteiger partial charge in [-0.3, -0.25) is 9.59 Å². The van der Waals surface area contributed by atoms with Crippen LogP contribution in [0, 0.1) is 0 Å². The summed E-state index contributed by atoms with van der Waals surface area (Å²) >= 11 is 0. The molecule has 1 heterocycles. The van der Waals surface area contributed by atoms with Crippen molar-refractivity contribution in [1.29, 1.82) is 0 Å². The van der Waals surface area contributed by atoms with Crippen LogP contribution in [-0.4, -0.2) is 31.1 Å². The highest BCUT2D eigenvalue weighted by Crippen LogP contribution is 2.41. The van der Waals surface area contributed by atoms with Crippen molar-refractivity contribution in [2.24, 2.45) is 0 Å². The predicted octanol–water partition coefficient (Wildman–Crippen LogP) is 2.45. The second-order valence-electron chi connectivity index (χ2n) is 7.13. The highest BCUT2D eigenvalue weighted by molar-refractivity contribution is 5.94. The summed E-state index contributed by atoms with van der Waals surface area (Å²) in [6.07, 6.45) is 0.813. The van der Waals surface area contributed by atoms with E-state index in [1.54, 1.807) is 31.3 Å². The predicted molar refractivity (Wildman–Crippen MR) is 102 cm³/mol. The SMILES string of the molecule is CNC(=O)c1cccc(CNC(=O)COc2cccc3c2OC(C)(C)C3)c1. The quantitative estimate of drug-likeness (QED) is 0.821. The Morgan fingerprint density at radius 1 is 1.19 bits per heavy atom. The van der Waals surface area contributed by atoms with Crippen LogP contribution in [0.15, 0.2) is 42.5 Å². The number of benzene rings is 2. The molecule has 2 aromatic rings. The van der Waals surface area contributed by atoms with E-state index in [2.05, 4.69) is 10.6 Å². The zero-order valence-corrected chi connectivity index (χ0v) is 15.8. The third-order valence-corrected chi connectivity index (χ3v) is 4.32. The molecule has 0 atom stereocenters. The Bertz CT molecular complexity index is 861. The van der Waals surface area contributed by atoms with E-state index in [0.29, 0.717) is 23.6 Å². The summed E-state index contributed by atoms with van der Waals surface area (Å²) in [6.45, 7) is 4.27. The molecule has 2 amide bonds. The third kappa shape index (κ3) is 4.58. The number of rotatable bonds is 6. The highest BCUT2D eigenvalue weighted by atomic mass is 16.5. The summed E-state index contributed by atoms with van der Waals surface area (Å²) in [5.41, 5.74) is 2.22. The number of para-hydroxylation sites is 1. The lowest BCUT2D eigenvalue weighted by atomic mass is 10.0. The number of ether oxygens (including phenoxy) is 2. The van der Waals surface area contributed by atoms with E-state index >= 15 is 0 Å². The van der Waals surface area contributed by atoms with Crippen molar-refractivity contribution in [3.8, 4) is 11.5 Å². The van der Waals surface area contributed by atoms with Gasteiger partial charge in [-0.05, 0) is 37.6 Å². The lowest BCUT2D eigenvalue weighted by Gasteiger charge is -2.18. The van der Waals surface area contributed by atoms with Crippen LogP contribution in [0.5, 0.6) is 11.5 Å². The molecule has 1 aliphatic heterocycles. The van der Waals surface area contributed by atoms with E-state index in [9.17, 15) is 9.59 Å². The van der Waals surface area contributed by atoms with Gasteiger partial charge in [0, 0.05) is 31.1 Å². The van der Waals surface area contributed by atoms with Crippen molar-refractivity contribution in [1.82, 2.24) is 10.6 Å². The molecule has 142 valence electrons. The van der Waals surface area contributed by atoms with Crippen molar-refractivity contribution < 1.29 is 19.1 Å². The first-order valence-electron chi connectivity index (χ1n) is 8.89. The number of nitrogens with one attached hydrogen (secondary N) is 2. The van der Waals surface area contributed by atoms with Crippen molar-refractivity contribution >= 4 is 11.8 Å². The van der Waals surface area contributed by atoms with Gasteiger partial charge >= 0.3 is 0 Å². The van der Waals surface area contributed by atoms with Crippen molar-refractivity contribution in [2.45, 2.75) is 32.4 Å². The average molecular weight is 368 g/mol. The molecule has 0 aliphatic carbocycles. The molecule has 0 aromatic heterocycles. The fourth-order valence-electron chi connectivity index (χ4n) is 3.06. The summed E-state index contributed by atoms with van der Waals surface area (Å²) < 4.78 is 11.6. The summed E-state index contributed by atoms with van der Waals surface area (Å²) in [4.78, 5) is 23.8. The molecular formula is C21H24N2O4. The monoisotopic (exact) mass is 368 g/mol. The van der Waals surface area contributed by atoms with Crippen molar-refractivity contribution in [3.05, 3.63) is 59.2 Å². The zero-order chi connectivity index (χ0) is 19.4. The van der Waals surface area contributed by atoms with Gasteiger partial charge in [-0.2, -0.15) is 0 Å². The number of hydrogen-bond donors (Lipinski definition) is 2. The number of amides is 2. The fraction of sp³-hybridized carbons (Fsp3) is 0.333. The van der Waals surface area contributed by atoms with Crippen LogP contribution in [-0.2, 0) is 17.8 Å². The number of fused-ring (bicyclic) bond motifs is 1. The molecule has 0 saturated heterocycles. The van der Waals surface area contributed by atoms with E-state index in [1.165, 1.54) is 0 Å². The molecule has 0 radical (unpaired) electrons. The maximum Gasteiger partial charge on any atom is 0.258 e. The van der Waals surface area contributed by atoms with Crippen LogP contribution < -0.4 is 20.1 Å². The van der Waals surface area contributed by atoms with Crippen LogP contribution in [0.3, 0.4) is 0 Å². The third-order valence-electron chi connectivity index (χ3n) is 4.32. The van der Waals surface area contributed by atoms with E-state index in [4.69, 9.17) is 9.47 Å². The van der Waals surface area contributed by atoms with Gasteiger partial charge in [0.2, 0.25) is 0 Å². The molecule has 0 bridgehead atoms. The van der Waals surface area contributed by atoms with Gasteiger partial charge in [0.15, 0.2) is 18.1 Å². The summed E-state index contributed by atoms with van der Waals surface area (Å²) in [5, 5.41) is 5.38. The second-order valence-corrected chi connectivity index (χ2v) is 7.13. The Morgan fingerprint density at radius 2 is 1.96 bits per heavy atom. The Labute approximate surface area is 158 Å². The first-order chi connectivity index (χ1) is 12.9. The molecule has 0 spiro atoms. The van der Waals surface area contributed by atoms with Gasteiger partial charge in [-0.25, -0.2) is 0 Å². The van der Waals surface area contributed by atoms with Gasteiger partial charge in [-0.1, -0.05) is 24.3 Å². The molecule has 0 saturated carbocycles. The first-order valence-corrected chi connectivity index (χ1v) is 8.89. The largest absolute Gasteiger partial charge is 0.483 e. The number of hydrogen-bond acceptors (Lipinski definition) is 4. The number of carbonyl (C=O) groups excluding carboxylic acids is 2. The van der Waals surface area contributed by atoms with E-state index in [0.717, 1.165) is 17.5 Å². The van der Waals surface area contributed by atoms with E-state index in [1.807, 2.05) is 32.0 Å². The lowest BCUT2D eigenvalue weighted by Crippen LogP contribution is -2.28.